The molecule has 0 aliphatic carbocycles. The van der Waals surface area contributed by atoms with Gasteiger partial charge in [0.2, 0.25) is 5.91 Å². The number of anilines is 2. The van der Waals surface area contributed by atoms with Crippen LogP contribution in [0.4, 0.5) is 24.7 Å². The molecule has 12 heteroatoms. The Morgan fingerprint density at radius 1 is 1.11 bits per heavy atom. The minimum Gasteiger partial charge on any atom is -0.399 e. The van der Waals surface area contributed by atoms with Gasteiger partial charge in [0.1, 0.15) is 24.2 Å². The maximum Gasteiger partial charge on any atom is 0.416 e. The molecule has 204 valence electrons. The Kier molecular flexibility index (Phi) is 7.45. The molecule has 1 aliphatic heterocycles. The maximum atomic E-state index is 13.9. The van der Waals surface area contributed by atoms with Gasteiger partial charge < -0.3 is 20.5 Å². The number of rotatable bonds is 5. The molecule has 3 heterocycles. The largest absolute Gasteiger partial charge is 0.416 e. The monoisotopic (exact) mass is 548 g/mol. The summed E-state index contributed by atoms with van der Waals surface area (Å²) in [7, 11) is -2.87. The molecule has 1 saturated heterocycles. The number of aromatic nitrogens is 3. The normalized spacial score (nSPS) is 16.6. The standard InChI is InChI=1S/C26H32F3N6O2P/c1-14(2)25(36)35-6-8-38(37,9-7-35)23-12-20-22(13-31-23)33-17(5)34-24(20)32-16(4)19-10-18(30)11-21(15(19)3)26(27,28)29/h10-14,16H,6-9,30H2,1-5H3,(H,32,33,34)/t16-/m1/s1. The number of halogens is 3. The number of fused-ring (bicyclic) bond motifs is 1. The number of benzene rings is 1. The molecule has 2 aromatic heterocycles. The average Bonchev–Trinajstić information content (AvgIpc) is 2.84. The van der Waals surface area contributed by atoms with E-state index < -0.39 is 24.9 Å². The number of nitrogens with one attached hydrogen (secondary N) is 1. The van der Waals surface area contributed by atoms with Crippen molar-refractivity contribution < 1.29 is 22.5 Å². The Morgan fingerprint density at radius 2 is 1.76 bits per heavy atom. The van der Waals surface area contributed by atoms with Crippen molar-refractivity contribution in [2.45, 2.75) is 46.8 Å². The number of alkyl halides is 3. The van der Waals surface area contributed by atoms with Crippen molar-refractivity contribution in [1.82, 2.24) is 19.9 Å². The molecule has 0 spiro atoms. The number of pyridine rings is 1. The Balaban J connectivity index is 1.68. The zero-order chi connectivity index (χ0) is 28.0. The van der Waals surface area contributed by atoms with Crippen LogP contribution in [-0.2, 0) is 15.5 Å². The number of hydrogen-bond donors (Lipinski definition) is 2. The van der Waals surface area contributed by atoms with E-state index in [0.29, 0.717) is 59.0 Å². The van der Waals surface area contributed by atoms with Crippen LogP contribution >= 0.6 is 7.14 Å². The lowest BCUT2D eigenvalue weighted by Crippen LogP contribution is -2.43. The van der Waals surface area contributed by atoms with Crippen LogP contribution in [0.25, 0.3) is 10.9 Å². The first-order valence-corrected chi connectivity index (χ1v) is 14.5. The number of carbonyl (C=O) groups excluding carboxylic acids is 1. The van der Waals surface area contributed by atoms with Gasteiger partial charge in [-0.15, -0.1) is 0 Å². The number of carbonyl (C=O) groups is 1. The van der Waals surface area contributed by atoms with Gasteiger partial charge in [-0.05, 0) is 50.1 Å². The maximum absolute atomic E-state index is 13.9. The Hall–Kier alpha value is -3.20. The van der Waals surface area contributed by atoms with Crippen LogP contribution in [0, 0.1) is 19.8 Å². The topological polar surface area (TPSA) is 114 Å². The molecule has 0 saturated carbocycles. The molecule has 1 aliphatic rings. The van der Waals surface area contributed by atoms with Gasteiger partial charge in [0, 0.05) is 42.4 Å². The summed E-state index contributed by atoms with van der Waals surface area (Å²) in [5.41, 5.74) is 6.48. The molecule has 0 bridgehead atoms. The fraction of sp³-hybridized carbons (Fsp3) is 0.462. The first-order valence-electron chi connectivity index (χ1n) is 12.4. The van der Waals surface area contributed by atoms with Gasteiger partial charge in [0.25, 0.3) is 0 Å². The molecule has 3 N–H and O–H groups in total. The van der Waals surface area contributed by atoms with Crippen molar-refractivity contribution in [3.8, 4) is 0 Å². The number of aryl methyl sites for hydroxylation is 1. The van der Waals surface area contributed by atoms with E-state index in [9.17, 15) is 22.5 Å². The van der Waals surface area contributed by atoms with Gasteiger partial charge in [-0.2, -0.15) is 13.2 Å². The second kappa shape index (κ2) is 10.2. The minimum absolute atomic E-state index is 0.0159. The predicted molar refractivity (Wildman–Crippen MR) is 143 cm³/mol. The summed E-state index contributed by atoms with van der Waals surface area (Å²) in [6.45, 7) is 9.34. The highest BCUT2D eigenvalue weighted by molar-refractivity contribution is 7.71. The Morgan fingerprint density at radius 3 is 2.37 bits per heavy atom. The first kappa shape index (κ1) is 27.8. The summed E-state index contributed by atoms with van der Waals surface area (Å²) in [5, 5.41) is 3.79. The second-order valence-electron chi connectivity index (χ2n) is 10.1. The molecule has 1 fully saturated rings. The molecule has 1 amide bonds. The van der Waals surface area contributed by atoms with E-state index in [1.807, 2.05) is 13.8 Å². The molecular weight excluding hydrogens is 516 g/mol. The molecule has 8 nitrogen and oxygen atoms in total. The molecular formula is C26H32F3N6O2P. The SMILES string of the molecule is Cc1nc(N[C@H](C)c2cc(N)cc(C(F)(F)F)c2C)c2cc(P3(=O)CCN(C(=O)C(C)C)CC3)ncc2n1. The van der Waals surface area contributed by atoms with Crippen LogP contribution in [0.3, 0.4) is 0 Å². The van der Waals surface area contributed by atoms with E-state index in [-0.39, 0.29) is 23.1 Å². The summed E-state index contributed by atoms with van der Waals surface area (Å²) in [5.74, 6) is 0.768. The first-order chi connectivity index (χ1) is 17.7. The summed E-state index contributed by atoms with van der Waals surface area (Å²) in [4.78, 5) is 27.5. The third-order valence-corrected chi connectivity index (χ3v) is 9.88. The highest BCUT2D eigenvalue weighted by Crippen LogP contribution is 2.46. The highest BCUT2D eigenvalue weighted by atomic mass is 31.2. The third kappa shape index (κ3) is 5.48. The van der Waals surface area contributed by atoms with Crippen molar-refractivity contribution >= 4 is 40.9 Å². The summed E-state index contributed by atoms with van der Waals surface area (Å²) in [6.07, 6.45) is -2.32. The highest BCUT2D eigenvalue weighted by Gasteiger charge is 2.35. The van der Waals surface area contributed by atoms with Crippen LogP contribution < -0.4 is 16.5 Å². The van der Waals surface area contributed by atoms with Crippen molar-refractivity contribution in [1.29, 1.82) is 0 Å². The van der Waals surface area contributed by atoms with Crippen LogP contribution in [-0.4, -0.2) is 51.2 Å². The fourth-order valence-electron chi connectivity index (χ4n) is 4.86. The van der Waals surface area contributed by atoms with Crippen LogP contribution in [0.2, 0.25) is 0 Å². The predicted octanol–water partition coefficient (Wildman–Crippen LogP) is 4.90. The lowest BCUT2D eigenvalue weighted by Gasteiger charge is -2.33. The van der Waals surface area contributed by atoms with Crippen molar-refractivity contribution in [2.24, 2.45) is 5.92 Å². The van der Waals surface area contributed by atoms with Crippen LogP contribution in [0.15, 0.2) is 24.4 Å². The molecule has 1 atom stereocenters. The minimum atomic E-state index is -4.53. The van der Waals surface area contributed by atoms with Crippen molar-refractivity contribution in [2.75, 3.05) is 36.5 Å². The third-order valence-electron chi connectivity index (χ3n) is 6.96. The molecule has 1 aromatic carbocycles. The van der Waals surface area contributed by atoms with Gasteiger partial charge in [-0.1, -0.05) is 13.8 Å². The van der Waals surface area contributed by atoms with Crippen LogP contribution in [0.1, 0.15) is 49.3 Å². The number of nitrogens with two attached hydrogens (primary N) is 1. The molecule has 38 heavy (non-hydrogen) atoms. The lowest BCUT2D eigenvalue weighted by molar-refractivity contribution is -0.138. The van der Waals surface area contributed by atoms with Crippen LogP contribution in [0.5, 0.6) is 0 Å². The van der Waals surface area contributed by atoms with Crippen molar-refractivity contribution in [3.63, 3.8) is 0 Å². The van der Waals surface area contributed by atoms with Gasteiger partial charge in [0.15, 0.2) is 0 Å². The number of nitrogen functional groups attached to an aromatic ring is 1. The quantitative estimate of drug-likeness (QED) is 0.344. The van der Waals surface area contributed by atoms with E-state index in [2.05, 4.69) is 20.3 Å². The number of hydrogen-bond acceptors (Lipinski definition) is 7. The zero-order valence-electron chi connectivity index (χ0n) is 22.1. The van der Waals surface area contributed by atoms with Gasteiger partial charge >= 0.3 is 6.18 Å². The molecule has 0 unspecified atom stereocenters. The smallest absolute Gasteiger partial charge is 0.399 e. The zero-order valence-corrected chi connectivity index (χ0v) is 23.0. The van der Waals surface area contributed by atoms with E-state index in [0.717, 1.165) is 6.07 Å². The Labute approximate surface area is 219 Å². The number of nitrogens with zero attached hydrogens (tertiary/aromatic N) is 4. The van der Waals surface area contributed by atoms with Crippen molar-refractivity contribution in [3.05, 3.63) is 46.9 Å². The Bertz CT molecular complexity index is 1430. The molecule has 3 aromatic rings. The van der Waals surface area contributed by atoms with E-state index in [4.69, 9.17) is 5.73 Å². The van der Waals surface area contributed by atoms with E-state index >= 15 is 0 Å². The van der Waals surface area contributed by atoms with E-state index in [1.54, 1.807) is 31.0 Å². The number of amides is 1. The summed E-state index contributed by atoms with van der Waals surface area (Å²) < 4.78 is 54.6. The fourth-order valence-corrected chi connectivity index (χ4v) is 7.30. The van der Waals surface area contributed by atoms with Gasteiger partial charge in [-0.25, -0.2) is 9.97 Å². The molecule has 4 rings (SSSR count). The lowest BCUT2D eigenvalue weighted by atomic mass is 9.96. The summed E-state index contributed by atoms with van der Waals surface area (Å²) in [6, 6.07) is 3.59. The van der Waals surface area contributed by atoms with Gasteiger partial charge in [-0.3, -0.25) is 9.78 Å². The summed E-state index contributed by atoms with van der Waals surface area (Å²) >= 11 is 0. The second-order valence-corrected chi connectivity index (χ2v) is 13.3. The molecule has 0 radical (unpaired) electrons. The van der Waals surface area contributed by atoms with E-state index in [1.165, 1.54) is 13.0 Å². The van der Waals surface area contributed by atoms with Gasteiger partial charge in [0.05, 0.1) is 23.3 Å². The average molecular weight is 549 g/mol.